The van der Waals surface area contributed by atoms with Gasteiger partial charge in [0.2, 0.25) is 5.91 Å². The quantitative estimate of drug-likeness (QED) is 0.650. The average molecular weight is 206 g/mol. The largest absolute Gasteiger partial charge is 0.380 e. The predicted molar refractivity (Wildman–Crippen MR) is 51.9 cm³/mol. The lowest BCUT2D eigenvalue weighted by Crippen LogP contribution is -2.35. The SMILES string of the molecule is CCC(Cl)C(=O)N1CCC(OC)C1. The summed E-state index contributed by atoms with van der Waals surface area (Å²) in [6, 6.07) is 0. The molecule has 1 aliphatic rings. The topological polar surface area (TPSA) is 29.5 Å². The van der Waals surface area contributed by atoms with Crippen LogP contribution >= 0.6 is 11.6 Å². The van der Waals surface area contributed by atoms with Gasteiger partial charge in [0.1, 0.15) is 5.38 Å². The maximum absolute atomic E-state index is 11.6. The third-order valence-corrected chi connectivity index (χ3v) is 2.91. The van der Waals surface area contributed by atoms with Gasteiger partial charge < -0.3 is 9.64 Å². The molecular weight excluding hydrogens is 190 g/mol. The molecule has 1 aliphatic heterocycles. The highest BCUT2D eigenvalue weighted by molar-refractivity contribution is 6.30. The number of halogens is 1. The van der Waals surface area contributed by atoms with Crippen LogP contribution in [0.1, 0.15) is 19.8 Å². The summed E-state index contributed by atoms with van der Waals surface area (Å²) in [5.41, 5.74) is 0. The molecule has 1 fully saturated rings. The highest BCUT2D eigenvalue weighted by Gasteiger charge is 2.28. The minimum Gasteiger partial charge on any atom is -0.380 e. The Morgan fingerprint density at radius 1 is 1.77 bits per heavy atom. The Labute approximate surface area is 84.0 Å². The van der Waals surface area contributed by atoms with Crippen molar-refractivity contribution in [3.05, 3.63) is 0 Å². The molecule has 13 heavy (non-hydrogen) atoms. The number of alkyl halides is 1. The number of carbonyl (C=O) groups is 1. The van der Waals surface area contributed by atoms with Gasteiger partial charge in [-0.2, -0.15) is 0 Å². The van der Waals surface area contributed by atoms with Crippen molar-refractivity contribution in [1.29, 1.82) is 0 Å². The molecule has 0 saturated carbocycles. The summed E-state index contributed by atoms with van der Waals surface area (Å²) in [4.78, 5) is 13.4. The second-order valence-corrected chi connectivity index (χ2v) is 3.83. The van der Waals surface area contributed by atoms with E-state index in [9.17, 15) is 4.79 Å². The van der Waals surface area contributed by atoms with E-state index in [0.717, 1.165) is 13.0 Å². The van der Waals surface area contributed by atoms with Crippen molar-refractivity contribution in [1.82, 2.24) is 4.90 Å². The van der Waals surface area contributed by atoms with Crippen molar-refractivity contribution in [2.75, 3.05) is 20.2 Å². The van der Waals surface area contributed by atoms with E-state index in [4.69, 9.17) is 16.3 Å². The first-order valence-electron chi connectivity index (χ1n) is 4.64. The molecule has 0 aromatic rings. The monoisotopic (exact) mass is 205 g/mol. The second kappa shape index (κ2) is 4.82. The van der Waals surface area contributed by atoms with Gasteiger partial charge in [-0.25, -0.2) is 0 Å². The molecule has 1 rings (SSSR count). The molecule has 1 heterocycles. The standard InChI is InChI=1S/C9H16ClNO2/c1-3-8(10)9(12)11-5-4-7(6-11)13-2/h7-8H,3-6H2,1-2H3. The lowest BCUT2D eigenvalue weighted by atomic mass is 10.3. The third kappa shape index (κ3) is 2.58. The van der Waals surface area contributed by atoms with Crippen LogP contribution in [0.4, 0.5) is 0 Å². The van der Waals surface area contributed by atoms with Gasteiger partial charge in [0.25, 0.3) is 0 Å². The summed E-state index contributed by atoms with van der Waals surface area (Å²) in [5, 5.41) is -0.365. The van der Waals surface area contributed by atoms with Crippen LogP contribution in [-0.4, -0.2) is 42.5 Å². The zero-order chi connectivity index (χ0) is 9.84. The molecule has 2 atom stereocenters. The highest BCUT2D eigenvalue weighted by Crippen LogP contribution is 2.15. The Kier molecular flexibility index (Phi) is 4.00. The number of hydrogen-bond donors (Lipinski definition) is 0. The molecule has 1 saturated heterocycles. The first-order valence-corrected chi connectivity index (χ1v) is 5.08. The van der Waals surface area contributed by atoms with E-state index >= 15 is 0 Å². The number of rotatable bonds is 3. The van der Waals surface area contributed by atoms with E-state index in [1.54, 1.807) is 12.0 Å². The summed E-state index contributed by atoms with van der Waals surface area (Å²) in [5.74, 6) is 0.0451. The number of hydrogen-bond acceptors (Lipinski definition) is 2. The van der Waals surface area contributed by atoms with Gasteiger partial charge in [0.05, 0.1) is 6.10 Å². The van der Waals surface area contributed by atoms with Crippen LogP contribution < -0.4 is 0 Å². The van der Waals surface area contributed by atoms with Crippen LogP contribution in [0.25, 0.3) is 0 Å². The van der Waals surface area contributed by atoms with Gasteiger partial charge in [-0.05, 0) is 12.8 Å². The maximum Gasteiger partial charge on any atom is 0.240 e. The number of likely N-dealkylation sites (tertiary alicyclic amines) is 1. The van der Waals surface area contributed by atoms with Crippen molar-refractivity contribution in [2.24, 2.45) is 0 Å². The van der Waals surface area contributed by atoms with Gasteiger partial charge in [0, 0.05) is 20.2 Å². The number of amides is 1. The summed E-state index contributed by atoms with van der Waals surface area (Å²) < 4.78 is 5.17. The van der Waals surface area contributed by atoms with Crippen molar-refractivity contribution >= 4 is 17.5 Å². The normalized spacial score (nSPS) is 24.8. The van der Waals surface area contributed by atoms with Gasteiger partial charge >= 0.3 is 0 Å². The summed E-state index contributed by atoms with van der Waals surface area (Å²) in [6.07, 6.45) is 1.81. The van der Waals surface area contributed by atoms with Crippen LogP contribution in [0.15, 0.2) is 0 Å². The molecule has 0 radical (unpaired) electrons. The molecular formula is C9H16ClNO2. The zero-order valence-electron chi connectivity index (χ0n) is 8.12. The lowest BCUT2D eigenvalue weighted by Gasteiger charge is -2.18. The fourth-order valence-corrected chi connectivity index (χ4v) is 1.63. The minimum absolute atomic E-state index is 0.0451. The van der Waals surface area contributed by atoms with E-state index in [-0.39, 0.29) is 17.4 Å². The van der Waals surface area contributed by atoms with E-state index in [1.807, 2.05) is 6.92 Å². The molecule has 0 spiro atoms. The second-order valence-electron chi connectivity index (χ2n) is 3.31. The Balaban J connectivity index is 2.41. The zero-order valence-corrected chi connectivity index (χ0v) is 8.88. The van der Waals surface area contributed by atoms with Crippen LogP contribution in [-0.2, 0) is 9.53 Å². The predicted octanol–water partition coefficient (Wildman–Crippen LogP) is 1.25. The van der Waals surface area contributed by atoms with Crippen LogP contribution in [0.2, 0.25) is 0 Å². The fraction of sp³-hybridized carbons (Fsp3) is 0.889. The Morgan fingerprint density at radius 3 is 2.92 bits per heavy atom. The number of carbonyl (C=O) groups excluding carboxylic acids is 1. The molecule has 76 valence electrons. The minimum atomic E-state index is -0.365. The average Bonchev–Trinajstić information content (AvgIpc) is 2.63. The first kappa shape index (κ1) is 10.8. The van der Waals surface area contributed by atoms with Crippen molar-refractivity contribution in [3.8, 4) is 0 Å². The number of ether oxygens (including phenoxy) is 1. The first-order chi connectivity index (χ1) is 6.19. The number of methoxy groups -OCH3 is 1. The summed E-state index contributed by atoms with van der Waals surface area (Å²) >= 11 is 5.85. The van der Waals surface area contributed by atoms with Gasteiger partial charge in [-0.15, -0.1) is 11.6 Å². The van der Waals surface area contributed by atoms with E-state index in [1.165, 1.54) is 0 Å². The van der Waals surface area contributed by atoms with Crippen LogP contribution in [0, 0.1) is 0 Å². The van der Waals surface area contributed by atoms with Crippen LogP contribution in [0.5, 0.6) is 0 Å². The van der Waals surface area contributed by atoms with E-state index in [0.29, 0.717) is 13.0 Å². The molecule has 4 heteroatoms. The lowest BCUT2D eigenvalue weighted by molar-refractivity contribution is -0.130. The highest BCUT2D eigenvalue weighted by atomic mass is 35.5. The van der Waals surface area contributed by atoms with Gasteiger partial charge in [-0.3, -0.25) is 4.79 Å². The third-order valence-electron chi connectivity index (χ3n) is 2.42. The Hall–Kier alpha value is -0.280. The van der Waals surface area contributed by atoms with Crippen molar-refractivity contribution < 1.29 is 9.53 Å². The molecule has 0 aliphatic carbocycles. The Morgan fingerprint density at radius 2 is 2.46 bits per heavy atom. The van der Waals surface area contributed by atoms with Gasteiger partial charge in [-0.1, -0.05) is 6.92 Å². The molecule has 1 amide bonds. The molecule has 0 aromatic carbocycles. The summed E-state index contributed by atoms with van der Waals surface area (Å²) in [7, 11) is 1.68. The van der Waals surface area contributed by atoms with Gasteiger partial charge in [0.15, 0.2) is 0 Å². The van der Waals surface area contributed by atoms with Crippen LogP contribution in [0.3, 0.4) is 0 Å². The van der Waals surface area contributed by atoms with Crippen molar-refractivity contribution in [3.63, 3.8) is 0 Å². The van der Waals surface area contributed by atoms with E-state index in [2.05, 4.69) is 0 Å². The fourth-order valence-electron chi connectivity index (χ4n) is 1.49. The Bertz CT molecular complexity index is 186. The molecule has 0 aromatic heterocycles. The molecule has 0 bridgehead atoms. The number of nitrogens with zero attached hydrogens (tertiary/aromatic N) is 1. The smallest absolute Gasteiger partial charge is 0.240 e. The van der Waals surface area contributed by atoms with E-state index < -0.39 is 0 Å². The molecule has 0 N–H and O–H groups in total. The molecule has 3 nitrogen and oxygen atoms in total. The van der Waals surface area contributed by atoms with Crippen molar-refractivity contribution in [2.45, 2.75) is 31.2 Å². The maximum atomic E-state index is 11.6. The molecule has 2 unspecified atom stereocenters. The summed E-state index contributed by atoms with van der Waals surface area (Å²) in [6.45, 7) is 3.39.